The van der Waals surface area contributed by atoms with Gasteiger partial charge in [-0.2, -0.15) is 5.26 Å². The molecule has 2 aliphatic heterocycles. The van der Waals surface area contributed by atoms with E-state index in [9.17, 15) is 13.2 Å². The van der Waals surface area contributed by atoms with E-state index in [0.29, 0.717) is 17.5 Å². The third-order valence-corrected chi connectivity index (χ3v) is 8.10. The fraction of sp³-hybridized carbons (Fsp3) is 0.368. The first kappa shape index (κ1) is 18.4. The van der Waals surface area contributed by atoms with Crippen LogP contribution in [0.3, 0.4) is 0 Å². The van der Waals surface area contributed by atoms with Gasteiger partial charge in [-0.25, -0.2) is 18.4 Å². The minimum absolute atomic E-state index is 0.0859. The van der Waals surface area contributed by atoms with E-state index in [1.807, 2.05) is 6.07 Å². The van der Waals surface area contributed by atoms with Gasteiger partial charge in [0.15, 0.2) is 9.84 Å². The van der Waals surface area contributed by atoms with Crippen molar-refractivity contribution in [3.63, 3.8) is 0 Å². The fourth-order valence-electron chi connectivity index (χ4n) is 3.89. The molecule has 28 heavy (non-hydrogen) atoms. The summed E-state index contributed by atoms with van der Waals surface area (Å²) in [5.41, 5.74) is 0.776. The maximum absolute atomic E-state index is 12.7. The number of benzene rings is 1. The highest BCUT2D eigenvalue weighted by Crippen LogP contribution is 2.45. The van der Waals surface area contributed by atoms with Crippen LogP contribution in [0.25, 0.3) is 0 Å². The molecule has 2 fully saturated rings. The predicted molar refractivity (Wildman–Crippen MR) is 99.2 cm³/mol. The molecule has 0 N–H and O–H groups in total. The first-order chi connectivity index (χ1) is 13.4. The summed E-state index contributed by atoms with van der Waals surface area (Å²) in [5.74, 6) is -0.408. The second-order valence-corrected chi connectivity index (χ2v) is 9.52. The van der Waals surface area contributed by atoms with E-state index in [-0.39, 0.29) is 43.3 Å². The fourth-order valence-corrected chi connectivity index (χ4v) is 6.29. The third-order valence-electron chi connectivity index (χ3n) is 5.50. The van der Waals surface area contributed by atoms with Crippen LogP contribution in [0.15, 0.2) is 42.7 Å². The van der Waals surface area contributed by atoms with Gasteiger partial charge in [0, 0.05) is 37.0 Å². The molecule has 8 nitrogen and oxygen atoms in total. The number of carbonyl (C=O) groups is 1. The standard InChI is InChI=1S/C19H18N4O4S/c20-10-14-3-1-4-15(9-14)17(24)23-12-19(13-23)16(5-8-28(19,25)26)11-27-18-21-6-2-7-22-18/h1-4,6-7,9,16H,5,8,11-13H2. The molecule has 1 spiro atoms. The number of hydrogen-bond acceptors (Lipinski definition) is 7. The van der Waals surface area contributed by atoms with Crippen molar-refractivity contribution in [1.82, 2.24) is 14.9 Å². The van der Waals surface area contributed by atoms with Crippen LogP contribution in [-0.4, -0.2) is 59.4 Å². The summed E-state index contributed by atoms with van der Waals surface area (Å²) in [6, 6.07) is 10.3. The number of sulfone groups is 1. The second kappa shape index (κ2) is 6.87. The van der Waals surface area contributed by atoms with Crippen LogP contribution in [0.5, 0.6) is 6.01 Å². The summed E-state index contributed by atoms with van der Waals surface area (Å²) >= 11 is 0. The summed E-state index contributed by atoms with van der Waals surface area (Å²) in [4.78, 5) is 22.2. The molecule has 1 unspecified atom stereocenters. The Morgan fingerprint density at radius 2 is 2.04 bits per heavy atom. The summed E-state index contributed by atoms with van der Waals surface area (Å²) in [5, 5.41) is 9.00. The molecule has 1 aromatic heterocycles. The monoisotopic (exact) mass is 398 g/mol. The Morgan fingerprint density at radius 1 is 1.29 bits per heavy atom. The van der Waals surface area contributed by atoms with Gasteiger partial charge in [0.25, 0.3) is 5.91 Å². The Morgan fingerprint density at radius 3 is 2.75 bits per heavy atom. The molecule has 1 amide bonds. The number of nitriles is 1. The molecular formula is C19H18N4O4S. The summed E-state index contributed by atoms with van der Waals surface area (Å²) < 4.78 is 30.1. The second-order valence-electron chi connectivity index (χ2n) is 7.07. The minimum Gasteiger partial charge on any atom is -0.463 e. The van der Waals surface area contributed by atoms with Gasteiger partial charge in [-0.05, 0) is 30.7 Å². The smallest absolute Gasteiger partial charge is 0.316 e. The lowest BCUT2D eigenvalue weighted by Gasteiger charge is -2.49. The maximum Gasteiger partial charge on any atom is 0.316 e. The highest BCUT2D eigenvalue weighted by molar-refractivity contribution is 7.93. The number of aromatic nitrogens is 2. The van der Waals surface area contributed by atoms with Crippen LogP contribution in [0, 0.1) is 17.2 Å². The van der Waals surface area contributed by atoms with Crippen LogP contribution >= 0.6 is 0 Å². The van der Waals surface area contributed by atoms with Crippen molar-refractivity contribution in [3.8, 4) is 12.1 Å². The van der Waals surface area contributed by atoms with Gasteiger partial charge in [0.1, 0.15) is 4.75 Å². The molecule has 144 valence electrons. The SMILES string of the molecule is N#Cc1cccc(C(=O)N2CC3(C2)C(COc2ncccn2)CCS3(=O)=O)c1. The van der Waals surface area contributed by atoms with E-state index in [0.717, 1.165) is 0 Å². The lowest BCUT2D eigenvalue weighted by atomic mass is 9.83. The first-order valence-corrected chi connectivity index (χ1v) is 10.5. The van der Waals surface area contributed by atoms with Crippen molar-refractivity contribution < 1.29 is 17.9 Å². The highest BCUT2D eigenvalue weighted by Gasteiger charge is 2.62. The van der Waals surface area contributed by atoms with Gasteiger partial charge < -0.3 is 9.64 Å². The summed E-state index contributed by atoms with van der Waals surface area (Å²) in [6.45, 7) is 0.457. The molecule has 9 heteroatoms. The topological polar surface area (TPSA) is 113 Å². The quantitative estimate of drug-likeness (QED) is 0.756. The molecular weight excluding hydrogens is 380 g/mol. The van der Waals surface area contributed by atoms with Gasteiger partial charge in [0.05, 0.1) is 24.0 Å². The van der Waals surface area contributed by atoms with Crippen LogP contribution in [0.4, 0.5) is 0 Å². The van der Waals surface area contributed by atoms with Crippen molar-refractivity contribution in [2.75, 3.05) is 25.4 Å². The molecule has 2 aliphatic rings. The van der Waals surface area contributed by atoms with Gasteiger partial charge in [0.2, 0.25) is 0 Å². The van der Waals surface area contributed by atoms with Crippen LogP contribution in [-0.2, 0) is 9.84 Å². The summed E-state index contributed by atoms with van der Waals surface area (Å²) in [7, 11) is -3.33. The highest BCUT2D eigenvalue weighted by atomic mass is 32.2. The zero-order valence-electron chi connectivity index (χ0n) is 15.0. The molecule has 2 saturated heterocycles. The number of hydrogen-bond donors (Lipinski definition) is 0. The molecule has 3 heterocycles. The van der Waals surface area contributed by atoms with E-state index < -0.39 is 14.6 Å². The molecule has 1 atom stereocenters. The molecule has 0 saturated carbocycles. The molecule has 0 aliphatic carbocycles. The van der Waals surface area contributed by atoms with Crippen LogP contribution in [0.2, 0.25) is 0 Å². The Kier molecular flexibility index (Phi) is 4.51. The number of nitrogens with zero attached hydrogens (tertiary/aromatic N) is 4. The van der Waals surface area contributed by atoms with Crippen molar-refractivity contribution in [1.29, 1.82) is 5.26 Å². The van der Waals surface area contributed by atoms with Crippen LogP contribution in [0.1, 0.15) is 22.3 Å². The minimum atomic E-state index is -3.33. The molecule has 2 aromatic rings. The number of likely N-dealkylation sites (tertiary alicyclic amines) is 1. The number of carbonyl (C=O) groups excluding carboxylic acids is 1. The number of amides is 1. The van der Waals surface area contributed by atoms with Crippen LogP contribution < -0.4 is 4.74 Å². The van der Waals surface area contributed by atoms with E-state index in [4.69, 9.17) is 10.00 Å². The van der Waals surface area contributed by atoms with Crippen molar-refractivity contribution in [2.24, 2.45) is 5.92 Å². The lowest BCUT2D eigenvalue weighted by Crippen LogP contribution is -2.68. The molecule has 0 bridgehead atoms. The number of rotatable bonds is 4. The molecule has 0 radical (unpaired) electrons. The molecule has 4 rings (SSSR count). The van der Waals surface area contributed by atoms with E-state index in [1.165, 1.54) is 11.0 Å². The zero-order valence-corrected chi connectivity index (χ0v) is 15.8. The largest absolute Gasteiger partial charge is 0.463 e. The Hall–Kier alpha value is -2.99. The normalized spacial score (nSPS) is 21.7. The predicted octanol–water partition coefficient (Wildman–Crippen LogP) is 1.06. The maximum atomic E-state index is 12.7. The van der Waals surface area contributed by atoms with E-state index in [1.54, 1.807) is 36.7 Å². The van der Waals surface area contributed by atoms with Crippen molar-refractivity contribution >= 4 is 15.7 Å². The van der Waals surface area contributed by atoms with Gasteiger partial charge in [-0.1, -0.05) is 6.07 Å². The van der Waals surface area contributed by atoms with Gasteiger partial charge in [-0.15, -0.1) is 0 Å². The third kappa shape index (κ3) is 2.99. The van der Waals surface area contributed by atoms with Gasteiger partial charge >= 0.3 is 6.01 Å². The van der Waals surface area contributed by atoms with E-state index in [2.05, 4.69) is 9.97 Å². The summed E-state index contributed by atoms with van der Waals surface area (Å²) in [6.07, 6.45) is 3.60. The number of ether oxygens (including phenoxy) is 1. The van der Waals surface area contributed by atoms with Crippen molar-refractivity contribution in [2.45, 2.75) is 11.2 Å². The average molecular weight is 398 g/mol. The van der Waals surface area contributed by atoms with Gasteiger partial charge in [-0.3, -0.25) is 4.79 Å². The lowest BCUT2D eigenvalue weighted by molar-refractivity contribution is 0.0403. The average Bonchev–Trinajstić information content (AvgIpc) is 2.96. The van der Waals surface area contributed by atoms with Crippen molar-refractivity contribution in [3.05, 3.63) is 53.9 Å². The first-order valence-electron chi connectivity index (χ1n) is 8.87. The van der Waals surface area contributed by atoms with E-state index >= 15 is 0 Å². The Balaban J connectivity index is 1.48. The molecule has 1 aromatic carbocycles. The Bertz CT molecular complexity index is 1040. The Labute approximate surface area is 162 Å². The zero-order chi connectivity index (χ0) is 19.8.